The van der Waals surface area contributed by atoms with Crippen LogP contribution in [0.25, 0.3) is 0 Å². The number of imide groups is 1. The first-order valence-corrected chi connectivity index (χ1v) is 6.98. The Morgan fingerprint density at radius 1 is 1.45 bits per heavy atom. The van der Waals surface area contributed by atoms with Crippen LogP contribution < -0.4 is 16.4 Å². The molecule has 1 saturated carbocycles. The molecule has 4 amide bonds. The molecule has 1 saturated heterocycles. The molecular formula is C13H22N4O3. The third kappa shape index (κ3) is 2.63. The van der Waals surface area contributed by atoms with Crippen molar-refractivity contribution in [2.75, 3.05) is 13.1 Å². The van der Waals surface area contributed by atoms with Gasteiger partial charge in [0.2, 0.25) is 5.91 Å². The summed E-state index contributed by atoms with van der Waals surface area (Å²) >= 11 is 0. The van der Waals surface area contributed by atoms with Crippen molar-refractivity contribution in [3.63, 3.8) is 0 Å². The van der Waals surface area contributed by atoms with Gasteiger partial charge >= 0.3 is 6.03 Å². The van der Waals surface area contributed by atoms with E-state index in [-0.39, 0.29) is 24.4 Å². The first-order valence-electron chi connectivity index (χ1n) is 6.98. The number of carbonyl (C=O) groups is 3. The molecule has 1 aliphatic heterocycles. The van der Waals surface area contributed by atoms with E-state index in [9.17, 15) is 14.4 Å². The van der Waals surface area contributed by atoms with E-state index in [0.29, 0.717) is 12.5 Å². The largest absolute Gasteiger partial charge is 0.352 e. The number of amides is 4. The lowest BCUT2D eigenvalue weighted by Gasteiger charge is -2.28. The third-order valence-electron chi connectivity index (χ3n) is 4.31. The minimum Gasteiger partial charge on any atom is -0.352 e. The predicted octanol–water partition coefficient (Wildman–Crippen LogP) is -0.440. The van der Waals surface area contributed by atoms with Crippen molar-refractivity contribution in [1.82, 2.24) is 15.5 Å². The Labute approximate surface area is 118 Å². The van der Waals surface area contributed by atoms with Gasteiger partial charge in [-0.15, -0.1) is 0 Å². The van der Waals surface area contributed by atoms with Gasteiger partial charge in [0.1, 0.15) is 12.1 Å². The van der Waals surface area contributed by atoms with Gasteiger partial charge in [-0.2, -0.15) is 0 Å². The molecule has 112 valence electrons. The fraction of sp³-hybridized carbons (Fsp3) is 0.769. The van der Waals surface area contributed by atoms with E-state index in [1.807, 2.05) is 0 Å². The molecule has 0 radical (unpaired) electrons. The fourth-order valence-electron chi connectivity index (χ4n) is 2.87. The lowest BCUT2D eigenvalue weighted by molar-refractivity contribution is -0.127. The summed E-state index contributed by atoms with van der Waals surface area (Å²) in [5.74, 6) is -0.315. The second-order valence-corrected chi connectivity index (χ2v) is 6.01. The molecule has 0 bridgehead atoms. The number of nitrogens with zero attached hydrogens (tertiary/aromatic N) is 1. The first-order chi connectivity index (χ1) is 9.36. The van der Waals surface area contributed by atoms with Crippen LogP contribution in [0.1, 0.15) is 33.1 Å². The number of hydrogen-bond donors (Lipinski definition) is 3. The maximum absolute atomic E-state index is 12.1. The Morgan fingerprint density at radius 3 is 2.70 bits per heavy atom. The highest BCUT2D eigenvalue weighted by Crippen LogP contribution is 2.25. The van der Waals surface area contributed by atoms with Crippen LogP contribution in [0.5, 0.6) is 0 Å². The number of nitrogens with two attached hydrogens (primary N) is 1. The molecule has 0 aromatic heterocycles. The van der Waals surface area contributed by atoms with E-state index in [1.165, 1.54) is 4.90 Å². The summed E-state index contributed by atoms with van der Waals surface area (Å²) in [4.78, 5) is 36.6. The van der Waals surface area contributed by atoms with Gasteiger partial charge in [-0.05, 0) is 39.2 Å². The molecule has 2 atom stereocenters. The fourth-order valence-corrected chi connectivity index (χ4v) is 2.87. The Bertz CT molecular complexity index is 435. The predicted molar refractivity (Wildman–Crippen MR) is 72.6 cm³/mol. The average Bonchev–Trinajstić information content (AvgIpc) is 2.88. The Morgan fingerprint density at radius 2 is 2.15 bits per heavy atom. The van der Waals surface area contributed by atoms with Gasteiger partial charge in [0.05, 0.1) is 0 Å². The van der Waals surface area contributed by atoms with Gasteiger partial charge < -0.3 is 16.0 Å². The molecule has 1 aliphatic carbocycles. The third-order valence-corrected chi connectivity index (χ3v) is 4.31. The van der Waals surface area contributed by atoms with E-state index in [1.54, 1.807) is 13.8 Å². The molecule has 4 N–H and O–H groups in total. The van der Waals surface area contributed by atoms with Gasteiger partial charge in [-0.25, -0.2) is 4.79 Å². The summed E-state index contributed by atoms with van der Waals surface area (Å²) < 4.78 is 0. The lowest BCUT2D eigenvalue weighted by atomic mass is 10.0. The van der Waals surface area contributed by atoms with Gasteiger partial charge in [-0.3, -0.25) is 14.9 Å². The molecule has 1 heterocycles. The van der Waals surface area contributed by atoms with Crippen LogP contribution in [-0.4, -0.2) is 47.4 Å². The monoisotopic (exact) mass is 282 g/mol. The van der Waals surface area contributed by atoms with E-state index < -0.39 is 11.6 Å². The number of urea groups is 1. The molecule has 20 heavy (non-hydrogen) atoms. The molecule has 0 aromatic carbocycles. The van der Waals surface area contributed by atoms with Crippen LogP contribution >= 0.6 is 0 Å². The van der Waals surface area contributed by atoms with Crippen LogP contribution in [0.3, 0.4) is 0 Å². The topological polar surface area (TPSA) is 105 Å². The number of nitrogens with one attached hydrogen (secondary N) is 2. The highest BCUT2D eigenvalue weighted by Gasteiger charge is 2.46. The van der Waals surface area contributed by atoms with Crippen LogP contribution in [0.4, 0.5) is 4.79 Å². The van der Waals surface area contributed by atoms with Gasteiger partial charge in [0.15, 0.2) is 0 Å². The maximum Gasteiger partial charge on any atom is 0.325 e. The summed E-state index contributed by atoms with van der Waals surface area (Å²) in [5.41, 5.74) is 4.69. The minimum atomic E-state index is -0.989. The maximum atomic E-state index is 12.1. The first kappa shape index (κ1) is 14.8. The average molecular weight is 282 g/mol. The van der Waals surface area contributed by atoms with Crippen molar-refractivity contribution in [3.05, 3.63) is 0 Å². The van der Waals surface area contributed by atoms with Crippen molar-refractivity contribution >= 4 is 17.8 Å². The van der Waals surface area contributed by atoms with Gasteiger partial charge in [0, 0.05) is 6.04 Å². The molecule has 0 spiro atoms. The smallest absolute Gasteiger partial charge is 0.325 e. The van der Waals surface area contributed by atoms with Gasteiger partial charge in [0.25, 0.3) is 5.91 Å². The quantitative estimate of drug-likeness (QED) is 0.608. The Hall–Kier alpha value is -1.63. The van der Waals surface area contributed by atoms with Crippen molar-refractivity contribution in [1.29, 1.82) is 0 Å². The number of carbonyl (C=O) groups excluding carboxylic acids is 3. The highest BCUT2D eigenvalue weighted by molar-refractivity contribution is 6.07. The molecule has 0 aromatic rings. The van der Waals surface area contributed by atoms with Crippen molar-refractivity contribution in [2.45, 2.75) is 44.7 Å². The van der Waals surface area contributed by atoms with Crippen LogP contribution in [0, 0.1) is 5.92 Å². The SMILES string of the molecule is CC1(C)C(=O)NC(=O)N1CC(=O)N[C@H]1CCC[C@@H]1CN. The van der Waals surface area contributed by atoms with Crippen LogP contribution in [-0.2, 0) is 9.59 Å². The zero-order chi connectivity index (χ0) is 14.9. The molecular weight excluding hydrogens is 260 g/mol. The highest BCUT2D eigenvalue weighted by atomic mass is 16.2. The van der Waals surface area contributed by atoms with E-state index in [4.69, 9.17) is 5.73 Å². The number of hydrogen-bond acceptors (Lipinski definition) is 4. The molecule has 7 heteroatoms. The molecule has 7 nitrogen and oxygen atoms in total. The van der Waals surface area contributed by atoms with E-state index in [0.717, 1.165) is 19.3 Å². The number of rotatable bonds is 4. The Kier molecular flexibility index (Phi) is 3.99. The van der Waals surface area contributed by atoms with E-state index in [2.05, 4.69) is 10.6 Å². The molecule has 2 fully saturated rings. The zero-order valence-electron chi connectivity index (χ0n) is 11.9. The van der Waals surface area contributed by atoms with Gasteiger partial charge in [-0.1, -0.05) is 6.42 Å². The van der Waals surface area contributed by atoms with Crippen molar-refractivity contribution < 1.29 is 14.4 Å². The normalized spacial score (nSPS) is 28.6. The standard InChI is InChI=1S/C13H22N4O3/c1-13(2)11(19)16-12(20)17(13)7-10(18)15-9-5-3-4-8(9)6-14/h8-9H,3-7,14H2,1-2H3,(H,15,18)(H,16,19,20)/t8-,9+/m1/s1. The summed E-state index contributed by atoms with van der Waals surface area (Å²) in [5, 5.41) is 5.15. The second-order valence-electron chi connectivity index (χ2n) is 6.01. The zero-order valence-corrected chi connectivity index (χ0v) is 11.9. The minimum absolute atomic E-state index is 0.0805. The summed E-state index contributed by atoms with van der Waals surface area (Å²) in [6.07, 6.45) is 3.00. The summed E-state index contributed by atoms with van der Waals surface area (Å²) in [7, 11) is 0. The van der Waals surface area contributed by atoms with Crippen LogP contribution in [0.2, 0.25) is 0 Å². The molecule has 0 unspecified atom stereocenters. The second kappa shape index (κ2) is 5.40. The van der Waals surface area contributed by atoms with Crippen molar-refractivity contribution in [3.8, 4) is 0 Å². The van der Waals surface area contributed by atoms with Crippen LogP contribution in [0.15, 0.2) is 0 Å². The summed E-state index contributed by atoms with van der Waals surface area (Å²) in [6.45, 7) is 3.69. The van der Waals surface area contributed by atoms with E-state index >= 15 is 0 Å². The lowest BCUT2D eigenvalue weighted by Crippen LogP contribution is -2.51. The summed E-state index contributed by atoms with van der Waals surface area (Å²) in [6, 6.07) is -0.436. The van der Waals surface area contributed by atoms with Crippen molar-refractivity contribution in [2.24, 2.45) is 11.7 Å². The molecule has 2 aliphatic rings. The molecule has 2 rings (SSSR count). The Balaban J connectivity index is 1.95.